The summed E-state index contributed by atoms with van der Waals surface area (Å²) < 4.78 is 0. The van der Waals surface area contributed by atoms with E-state index >= 15 is 0 Å². The van der Waals surface area contributed by atoms with Crippen LogP contribution in [-0.4, -0.2) is 58.3 Å². The molecule has 4 amide bonds. The van der Waals surface area contributed by atoms with Crippen molar-refractivity contribution in [3.8, 4) is 5.75 Å². The van der Waals surface area contributed by atoms with E-state index in [1.807, 2.05) is 68.4 Å². The lowest BCUT2D eigenvalue weighted by atomic mass is 9.91. The van der Waals surface area contributed by atoms with Crippen LogP contribution in [0.5, 0.6) is 5.75 Å². The van der Waals surface area contributed by atoms with Gasteiger partial charge in [-0.1, -0.05) is 54.6 Å². The van der Waals surface area contributed by atoms with Crippen molar-refractivity contribution in [2.75, 3.05) is 6.54 Å². The Morgan fingerprint density at radius 3 is 2.26 bits per heavy atom. The molecule has 0 aliphatic carbocycles. The first-order chi connectivity index (χ1) is 22.0. The van der Waals surface area contributed by atoms with Crippen LogP contribution in [0.3, 0.4) is 0 Å². The number of aromatic hydroxyl groups is 1. The van der Waals surface area contributed by atoms with Gasteiger partial charge in [0.2, 0.25) is 23.6 Å². The van der Waals surface area contributed by atoms with Gasteiger partial charge in [0.25, 0.3) is 0 Å². The predicted molar refractivity (Wildman–Crippen MR) is 176 cm³/mol. The number of aryl methyl sites for hydroxylation is 2. The largest absolute Gasteiger partial charge is 0.508 e. The van der Waals surface area contributed by atoms with E-state index in [-0.39, 0.29) is 36.4 Å². The van der Waals surface area contributed by atoms with E-state index in [1.54, 1.807) is 12.1 Å². The number of benzene rings is 3. The van der Waals surface area contributed by atoms with Crippen molar-refractivity contribution in [3.05, 3.63) is 100 Å². The number of amides is 4. The molecule has 3 atom stereocenters. The molecule has 10 heteroatoms. The molecule has 3 aromatic carbocycles. The highest BCUT2D eigenvalue weighted by molar-refractivity contribution is 5.93. The third kappa shape index (κ3) is 9.17. The zero-order chi connectivity index (χ0) is 33.2. The van der Waals surface area contributed by atoms with Crippen LogP contribution in [-0.2, 0) is 45.1 Å². The molecule has 0 saturated heterocycles. The number of phenolic OH excluding ortho intramolecular Hbond substituents is 1. The summed E-state index contributed by atoms with van der Waals surface area (Å²) in [7, 11) is 0. The number of hydrogen-bond acceptors (Lipinski definition) is 6. The highest BCUT2D eigenvalue weighted by Gasteiger charge is 2.38. The van der Waals surface area contributed by atoms with E-state index < -0.39 is 24.0 Å². The number of phenols is 1. The molecule has 0 bridgehead atoms. The maximum absolute atomic E-state index is 14.0. The van der Waals surface area contributed by atoms with Crippen LogP contribution < -0.4 is 21.7 Å². The molecule has 0 spiro atoms. The molecule has 0 fully saturated rings. The van der Waals surface area contributed by atoms with Crippen molar-refractivity contribution in [2.24, 2.45) is 5.73 Å². The standard InChI is InChI=1S/C36H45N5O5/c1-23-17-29(43)18-24(2)30(23)20-31(37)36(46)41-22-28-14-8-7-13-27(28)19-33(41)35(45)40-32(15-9-10-16-38-25(3)42)34(44)39-21-26-11-5-4-6-12-26/h4-8,11-14,17-18,31-33,43H,9-10,15-16,19-22,37H2,1-3H3,(H,38,42)(H,39,44)(H,40,45)/t31-,32-,33-/m0/s1. The van der Waals surface area contributed by atoms with Crippen LogP contribution in [0, 0.1) is 13.8 Å². The zero-order valence-electron chi connectivity index (χ0n) is 26.8. The van der Waals surface area contributed by atoms with Crippen LogP contribution >= 0.6 is 0 Å². The number of unbranched alkanes of at least 4 members (excludes halogenated alkanes) is 1. The summed E-state index contributed by atoms with van der Waals surface area (Å²) in [4.78, 5) is 54.2. The van der Waals surface area contributed by atoms with Crippen molar-refractivity contribution < 1.29 is 24.3 Å². The highest BCUT2D eigenvalue weighted by Crippen LogP contribution is 2.26. The van der Waals surface area contributed by atoms with Gasteiger partial charge in [-0.15, -0.1) is 0 Å². The Hall–Kier alpha value is -4.70. The lowest BCUT2D eigenvalue weighted by Crippen LogP contribution is -2.59. The van der Waals surface area contributed by atoms with Crippen LogP contribution in [0.25, 0.3) is 0 Å². The highest BCUT2D eigenvalue weighted by atomic mass is 16.3. The molecule has 1 aliphatic rings. The third-order valence-corrected chi connectivity index (χ3v) is 8.49. The predicted octanol–water partition coefficient (Wildman–Crippen LogP) is 2.94. The average molecular weight is 628 g/mol. The molecule has 6 N–H and O–H groups in total. The molecular weight excluding hydrogens is 582 g/mol. The van der Waals surface area contributed by atoms with Crippen LogP contribution in [0.4, 0.5) is 0 Å². The number of carbonyl (C=O) groups is 4. The Morgan fingerprint density at radius 1 is 0.935 bits per heavy atom. The van der Waals surface area contributed by atoms with Crippen molar-refractivity contribution >= 4 is 23.6 Å². The van der Waals surface area contributed by atoms with Gasteiger partial charge in [0.05, 0.1) is 6.04 Å². The van der Waals surface area contributed by atoms with Gasteiger partial charge in [0.1, 0.15) is 17.8 Å². The maximum atomic E-state index is 14.0. The fourth-order valence-corrected chi connectivity index (χ4v) is 5.98. The van der Waals surface area contributed by atoms with Crippen LogP contribution in [0.15, 0.2) is 66.7 Å². The number of nitrogens with one attached hydrogen (secondary N) is 3. The van der Waals surface area contributed by atoms with Gasteiger partial charge in [-0.05, 0) is 85.0 Å². The van der Waals surface area contributed by atoms with Crippen LogP contribution in [0.1, 0.15) is 59.6 Å². The van der Waals surface area contributed by atoms with E-state index in [0.29, 0.717) is 38.8 Å². The number of rotatable bonds is 13. The first kappa shape index (κ1) is 34.2. The number of fused-ring (bicyclic) bond motifs is 1. The van der Waals surface area contributed by atoms with E-state index in [0.717, 1.165) is 33.4 Å². The van der Waals surface area contributed by atoms with Crippen molar-refractivity contribution in [2.45, 2.75) is 84.1 Å². The lowest BCUT2D eigenvalue weighted by Gasteiger charge is -2.38. The van der Waals surface area contributed by atoms with Crippen molar-refractivity contribution in [1.29, 1.82) is 0 Å². The Balaban J connectivity index is 1.52. The first-order valence-electron chi connectivity index (χ1n) is 15.8. The van der Waals surface area contributed by atoms with E-state index in [1.165, 1.54) is 11.8 Å². The van der Waals surface area contributed by atoms with E-state index in [2.05, 4.69) is 16.0 Å². The number of nitrogens with two attached hydrogens (primary N) is 1. The summed E-state index contributed by atoms with van der Waals surface area (Å²) in [6, 6.07) is 17.9. The fourth-order valence-electron chi connectivity index (χ4n) is 5.98. The Bertz CT molecular complexity index is 1520. The van der Waals surface area contributed by atoms with E-state index in [9.17, 15) is 24.3 Å². The van der Waals surface area contributed by atoms with Gasteiger partial charge in [0, 0.05) is 33.0 Å². The molecule has 1 aliphatic heterocycles. The maximum Gasteiger partial charge on any atom is 0.243 e. The number of hydrogen-bond donors (Lipinski definition) is 5. The van der Waals surface area contributed by atoms with Gasteiger partial charge < -0.3 is 31.7 Å². The average Bonchev–Trinajstić information content (AvgIpc) is 3.03. The molecule has 0 saturated carbocycles. The van der Waals surface area contributed by atoms with Gasteiger partial charge in [-0.2, -0.15) is 0 Å². The zero-order valence-corrected chi connectivity index (χ0v) is 26.8. The van der Waals surface area contributed by atoms with Crippen molar-refractivity contribution in [1.82, 2.24) is 20.9 Å². The molecule has 1 heterocycles. The minimum atomic E-state index is -0.916. The second kappa shape index (κ2) is 16.0. The summed E-state index contributed by atoms with van der Waals surface area (Å²) in [5.74, 6) is -1.07. The summed E-state index contributed by atoms with van der Waals surface area (Å²) in [6.45, 7) is 6.19. The van der Waals surface area contributed by atoms with Crippen LogP contribution in [0.2, 0.25) is 0 Å². The molecule has 4 rings (SSSR count). The Kier molecular flexibility index (Phi) is 11.9. The third-order valence-electron chi connectivity index (χ3n) is 8.49. The summed E-state index contributed by atoms with van der Waals surface area (Å²) >= 11 is 0. The van der Waals surface area contributed by atoms with Gasteiger partial charge in [-0.3, -0.25) is 19.2 Å². The molecule has 10 nitrogen and oxygen atoms in total. The second-order valence-electron chi connectivity index (χ2n) is 12.1. The quantitative estimate of drug-likeness (QED) is 0.184. The normalized spacial score (nSPS) is 15.3. The Labute approximate surface area is 270 Å². The summed E-state index contributed by atoms with van der Waals surface area (Å²) in [6.07, 6.45) is 2.14. The topological polar surface area (TPSA) is 154 Å². The lowest BCUT2D eigenvalue weighted by molar-refractivity contribution is -0.143. The molecule has 46 heavy (non-hydrogen) atoms. The van der Waals surface area contributed by atoms with Gasteiger partial charge in [0.15, 0.2) is 0 Å². The minimum absolute atomic E-state index is 0.123. The van der Waals surface area contributed by atoms with Gasteiger partial charge in [-0.25, -0.2) is 0 Å². The molecule has 3 aromatic rings. The van der Waals surface area contributed by atoms with E-state index in [4.69, 9.17) is 5.73 Å². The fraction of sp³-hybridized carbons (Fsp3) is 0.389. The molecule has 0 aromatic heterocycles. The summed E-state index contributed by atoms with van der Waals surface area (Å²) in [5, 5.41) is 18.6. The van der Waals surface area contributed by atoms with Gasteiger partial charge >= 0.3 is 0 Å². The Morgan fingerprint density at radius 2 is 1.59 bits per heavy atom. The molecule has 0 radical (unpaired) electrons. The second-order valence-corrected chi connectivity index (χ2v) is 12.1. The number of carbonyl (C=O) groups excluding carboxylic acids is 4. The minimum Gasteiger partial charge on any atom is -0.508 e. The molecule has 244 valence electrons. The monoisotopic (exact) mass is 627 g/mol. The van der Waals surface area contributed by atoms with Crippen molar-refractivity contribution in [3.63, 3.8) is 0 Å². The first-order valence-corrected chi connectivity index (χ1v) is 15.8. The SMILES string of the molecule is CC(=O)NCCCC[C@H](NC(=O)[C@@H]1Cc2ccccc2CN1C(=O)[C@@H](N)Cc1c(C)cc(O)cc1C)C(=O)NCc1ccccc1. The molecule has 0 unspecified atom stereocenters. The smallest absolute Gasteiger partial charge is 0.243 e. The summed E-state index contributed by atoms with van der Waals surface area (Å²) in [5.41, 5.74) is 11.9. The number of nitrogens with zero attached hydrogens (tertiary/aromatic N) is 1. The molecular formula is C36H45N5O5.